The molecule has 0 aliphatic carbocycles. The number of hydrogen-bond donors (Lipinski definition) is 0. The summed E-state index contributed by atoms with van der Waals surface area (Å²) in [5.41, 5.74) is 0. The first-order chi connectivity index (χ1) is 2.65. The molecule has 0 radical (unpaired) electrons. The second-order valence-electron chi connectivity index (χ2n) is 1.31. The third kappa shape index (κ3) is 182. The van der Waals surface area contributed by atoms with E-state index >= 15 is 0 Å². The van der Waals surface area contributed by atoms with Crippen molar-refractivity contribution in [2.75, 3.05) is 0 Å². The fourth-order valence-electron chi connectivity index (χ4n) is 0. The molecule has 0 aliphatic rings. The summed E-state index contributed by atoms with van der Waals surface area (Å²) in [6, 6.07) is 0. The quantitative estimate of drug-likeness (QED) is 0.642. The van der Waals surface area contributed by atoms with E-state index in [1.165, 1.54) is 0 Å². The van der Waals surface area contributed by atoms with Crippen LogP contribution >= 0.6 is 37.7 Å². The van der Waals surface area contributed by atoms with Gasteiger partial charge in [-0.05, 0) is 0 Å². The zero-order valence-electron chi connectivity index (χ0n) is 3.14. The van der Waals surface area contributed by atoms with Crippen LogP contribution in [0.15, 0.2) is 0 Å². The molecular formula is Cl4MoO3. The van der Waals surface area contributed by atoms with Crippen molar-refractivity contribution < 1.29 is 18.2 Å². The molecule has 0 aliphatic heterocycles. The van der Waals surface area contributed by atoms with E-state index in [1.54, 1.807) is 0 Å². The van der Waals surface area contributed by atoms with Gasteiger partial charge in [-0.15, -0.1) is 0 Å². The van der Waals surface area contributed by atoms with E-state index < -0.39 is 8.03 Å². The van der Waals surface area contributed by atoms with Gasteiger partial charge in [0, 0.05) is 0 Å². The van der Waals surface area contributed by atoms with Crippen molar-refractivity contribution in [1.29, 1.82) is 0 Å². The Hall–Kier alpha value is 1.25. The molecule has 0 fully saturated rings. The third-order valence-corrected chi connectivity index (χ3v) is 0. The SMILES string of the molecule is [O]=[Mo](=[O])(=[O])([Cl])([Cl])([Cl])[Cl]. The van der Waals surface area contributed by atoms with E-state index in [0.717, 1.165) is 0 Å². The maximum absolute atomic E-state index is 9.96. The second kappa shape index (κ2) is 0.875. The molecule has 0 atom stereocenters. The van der Waals surface area contributed by atoms with Crippen molar-refractivity contribution in [2.45, 2.75) is 0 Å². The van der Waals surface area contributed by atoms with Crippen molar-refractivity contribution in [1.82, 2.24) is 0 Å². The van der Waals surface area contributed by atoms with Crippen molar-refractivity contribution in [2.24, 2.45) is 0 Å². The minimum absolute atomic E-state index is 4.11. The summed E-state index contributed by atoms with van der Waals surface area (Å²) < 4.78 is 29.9. The molecule has 0 heterocycles. The molecule has 0 aromatic heterocycles. The maximum atomic E-state index is 9.96. The number of halogens is 4. The Bertz CT molecular complexity index is 332. The van der Waals surface area contributed by atoms with Crippen molar-refractivity contribution in [3.8, 4) is 0 Å². The molecule has 52 valence electrons. The molecule has 0 aromatic rings. The molecule has 0 saturated carbocycles. The zero-order chi connectivity index (χ0) is 7.38. The van der Waals surface area contributed by atoms with Crippen LogP contribution in [0.2, 0.25) is 0 Å². The van der Waals surface area contributed by atoms with Crippen LogP contribution in [0.25, 0.3) is 0 Å². The Kier molecular flexibility index (Phi) is 1.01. The average molecular weight is 286 g/mol. The molecular weight excluding hydrogens is 286 g/mol. The average Bonchev–Trinajstić information content (AvgIpc) is 0.544. The molecule has 0 rings (SSSR count). The summed E-state index contributed by atoms with van der Waals surface area (Å²) in [6.07, 6.45) is 0. The Morgan fingerprint density at radius 1 is 0.750 bits per heavy atom. The fourth-order valence-corrected chi connectivity index (χ4v) is 0. The van der Waals surface area contributed by atoms with Gasteiger partial charge in [0.1, 0.15) is 0 Å². The van der Waals surface area contributed by atoms with Crippen molar-refractivity contribution in [3.05, 3.63) is 0 Å². The van der Waals surface area contributed by atoms with Crippen LogP contribution in [0, 0.1) is 0 Å². The summed E-state index contributed by atoms with van der Waals surface area (Å²) in [4.78, 5) is 0. The van der Waals surface area contributed by atoms with Crippen LogP contribution in [-0.2, 0) is 18.2 Å². The van der Waals surface area contributed by atoms with Crippen LogP contribution < -0.4 is 0 Å². The molecule has 3 nitrogen and oxygen atoms in total. The molecule has 0 aromatic carbocycles. The van der Waals surface area contributed by atoms with Gasteiger partial charge in [0.05, 0.1) is 0 Å². The molecule has 0 amide bonds. The zero-order valence-corrected chi connectivity index (χ0v) is 8.18. The van der Waals surface area contributed by atoms with Gasteiger partial charge in [0.25, 0.3) is 0 Å². The first-order valence-corrected chi connectivity index (χ1v) is 13.9. The summed E-state index contributed by atoms with van der Waals surface area (Å²) in [6.45, 7) is 0. The van der Waals surface area contributed by atoms with Crippen molar-refractivity contribution >= 4 is 37.7 Å². The normalized spacial score (nSPS) is 26.8. The first-order valence-electron chi connectivity index (χ1n) is 1.12. The van der Waals surface area contributed by atoms with E-state index in [4.69, 9.17) is 0 Å². The molecule has 0 spiro atoms. The number of rotatable bonds is 0. The predicted octanol–water partition coefficient (Wildman–Crippen LogP) is 2.40. The van der Waals surface area contributed by atoms with E-state index in [1.807, 2.05) is 0 Å². The molecule has 0 saturated heterocycles. The van der Waals surface area contributed by atoms with Crippen LogP contribution in [0.5, 0.6) is 0 Å². The van der Waals surface area contributed by atoms with E-state index in [9.17, 15) is 10.2 Å². The van der Waals surface area contributed by atoms with Gasteiger partial charge in [0.15, 0.2) is 0 Å². The van der Waals surface area contributed by atoms with Gasteiger partial charge >= 0.3 is 55.9 Å². The third-order valence-electron chi connectivity index (χ3n) is 0. The topological polar surface area (TPSA) is 51.2 Å². The van der Waals surface area contributed by atoms with Gasteiger partial charge in [-0.2, -0.15) is 0 Å². The van der Waals surface area contributed by atoms with E-state index in [0.29, 0.717) is 0 Å². The Morgan fingerprint density at radius 2 is 0.750 bits per heavy atom. The molecule has 0 bridgehead atoms. The first kappa shape index (κ1) is 9.25. The standard InChI is InChI=1S/4ClH.Mo.3O/h4*1H;;;;/q;;;;+4;;;/p-4. The van der Waals surface area contributed by atoms with Crippen molar-refractivity contribution in [3.63, 3.8) is 0 Å². The van der Waals surface area contributed by atoms with Crippen LogP contribution in [-0.4, -0.2) is 0 Å². The Labute approximate surface area is 55.6 Å². The Balaban J connectivity index is 6.59. The number of hydrogen-bond acceptors (Lipinski definition) is 3. The summed E-state index contributed by atoms with van der Waals surface area (Å²) in [5, 5.41) is 0. The minimum atomic E-state index is -8.59. The summed E-state index contributed by atoms with van der Waals surface area (Å²) in [7, 11) is 7.83. The fraction of sp³-hybridized carbons (Fsp3) is 0. The van der Waals surface area contributed by atoms with Gasteiger partial charge in [-0.3, -0.25) is 0 Å². The van der Waals surface area contributed by atoms with E-state index in [-0.39, 0.29) is 0 Å². The predicted molar refractivity (Wildman–Crippen MR) is 25.5 cm³/mol. The molecule has 0 unspecified atom stereocenters. The summed E-state index contributed by atoms with van der Waals surface area (Å²) >= 11 is 0. The summed E-state index contributed by atoms with van der Waals surface area (Å²) in [5.74, 6) is 0. The van der Waals surface area contributed by atoms with E-state index in [2.05, 4.69) is 37.7 Å². The van der Waals surface area contributed by atoms with Gasteiger partial charge in [-0.1, -0.05) is 0 Å². The van der Waals surface area contributed by atoms with Crippen LogP contribution in [0.1, 0.15) is 0 Å². The second-order valence-corrected chi connectivity index (χ2v) is 33.3. The Morgan fingerprint density at radius 3 is 0.750 bits per heavy atom. The molecule has 0 N–H and O–H groups in total. The van der Waals surface area contributed by atoms with Crippen LogP contribution in [0.3, 0.4) is 0 Å². The molecule has 8 heteroatoms. The molecule has 8 heavy (non-hydrogen) atoms. The van der Waals surface area contributed by atoms with Crippen LogP contribution in [0.4, 0.5) is 0 Å². The van der Waals surface area contributed by atoms with Gasteiger partial charge in [0.2, 0.25) is 0 Å². The van der Waals surface area contributed by atoms with Gasteiger partial charge < -0.3 is 0 Å². The van der Waals surface area contributed by atoms with Gasteiger partial charge in [-0.25, -0.2) is 0 Å². The monoisotopic (exact) mass is 286 g/mol.